The van der Waals surface area contributed by atoms with Crippen LogP contribution in [0.1, 0.15) is 39.9 Å². The highest BCUT2D eigenvalue weighted by Gasteiger charge is 2.40. The van der Waals surface area contributed by atoms with E-state index in [1.807, 2.05) is 71.6 Å². The van der Waals surface area contributed by atoms with Crippen LogP contribution < -0.4 is 4.90 Å². The Morgan fingerprint density at radius 2 is 1.51 bits per heavy atom. The number of thioether (sulfide) groups is 1. The molecule has 9 heteroatoms. The molecule has 0 aliphatic carbocycles. The van der Waals surface area contributed by atoms with Gasteiger partial charge in [-0.15, -0.1) is 0 Å². The van der Waals surface area contributed by atoms with Crippen molar-refractivity contribution in [1.82, 2.24) is 14.9 Å². The van der Waals surface area contributed by atoms with E-state index in [1.165, 1.54) is 17.3 Å². The molecule has 0 N–H and O–H groups in total. The number of anilines is 1. The molecule has 2 fully saturated rings. The van der Waals surface area contributed by atoms with Gasteiger partial charge in [0.1, 0.15) is 11.0 Å². The predicted molar refractivity (Wildman–Crippen MR) is 170 cm³/mol. The highest BCUT2D eigenvalue weighted by molar-refractivity contribution is 7.98. The van der Waals surface area contributed by atoms with Gasteiger partial charge >= 0.3 is 0 Å². The fraction of sp³-hybridized carbons (Fsp3) is 0.324. The summed E-state index contributed by atoms with van der Waals surface area (Å²) < 4.78 is 11.7. The van der Waals surface area contributed by atoms with Gasteiger partial charge in [-0.3, -0.25) is 4.79 Å². The van der Waals surface area contributed by atoms with Crippen LogP contribution in [0.4, 0.5) is 5.82 Å². The number of piperidine rings is 1. The molecular weight excluding hydrogens is 580 g/mol. The number of rotatable bonds is 10. The van der Waals surface area contributed by atoms with Gasteiger partial charge in [0.2, 0.25) is 0 Å². The molecule has 3 aromatic carbocycles. The number of halogens is 1. The van der Waals surface area contributed by atoms with Crippen LogP contribution in [0.5, 0.6) is 0 Å². The first-order valence-corrected chi connectivity index (χ1v) is 16.1. The van der Waals surface area contributed by atoms with Crippen molar-refractivity contribution in [3.05, 3.63) is 118 Å². The number of amides is 1. The first-order chi connectivity index (χ1) is 21.1. The smallest absolute Gasteiger partial charge is 0.254 e. The van der Waals surface area contributed by atoms with E-state index in [0.717, 1.165) is 49.3 Å². The first-order valence-electron chi connectivity index (χ1n) is 14.7. The van der Waals surface area contributed by atoms with Crippen molar-refractivity contribution in [2.45, 2.75) is 42.5 Å². The number of ether oxygens (including phenoxy) is 2. The van der Waals surface area contributed by atoms with E-state index in [0.29, 0.717) is 47.9 Å². The maximum atomic E-state index is 13.6. The summed E-state index contributed by atoms with van der Waals surface area (Å²) in [5.74, 6) is 1.09. The summed E-state index contributed by atoms with van der Waals surface area (Å²) >= 11 is 7.93. The largest absolute Gasteiger partial charge is 0.356 e. The quantitative estimate of drug-likeness (QED) is 0.113. The zero-order valence-electron chi connectivity index (χ0n) is 24.0. The average Bonchev–Trinajstić information content (AvgIpc) is 3.50. The minimum Gasteiger partial charge on any atom is -0.356 e. The molecule has 6 rings (SSSR count). The van der Waals surface area contributed by atoms with Gasteiger partial charge in [0.15, 0.2) is 10.9 Å². The van der Waals surface area contributed by atoms with Gasteiger partial charge in [0.05, 0.1) is 13.2 Å². The lowest BCUT2D eigenvalue weighted by atomic mass is 10.0. The van der Waals surface area contributed by atoms with E-state index in [2.05, 4.69) is 34.1 Å². The predicted octanol–water partition coefficient (Wildman–Crippen LogP) is 6.65. The van der Waals surface area contributed by atoms with Crippen molar-refractivity contribution in [2.75, 3.05) is 37.7 Å². The Kier molecular flexibility index (Phi) is 9.58. The highest BCUT2D eigenvalue weighted by Crippen LogP contribution is 2.34. The number of nitrogens with zero attached hydrogens (tertiary/aromatic N) is 4. The van der Waals surface area contributed by atoms with E-state index < -0.39 is 5.79 Å². The molecule has 7 nitrogen and oxygen atoms in total. The van der Waals surface area contributed by atoms with Crippen molar-refractivity contribution in [3.63, 3.8) is 0 Å². The number of hydrogen-bond donors (Lipinski definition) is 0. The van der Waals surface area contributed by atoms with Gasteiger partial charge < -0.3 is 19.3 Å². The molecule has 43 heavy (non-hydrogen) atoms. The van der Waals surface area contributed by atoms with Crippen LogP contribution in [-0.2, 0) is 28.2 Å². The molecule has 1 amide bonds. The summed E-state index contributed by atoms with van der Waals surface area (Å²) in [5.41, 5.74) is 4.09. The molecule has 1 aromatic heterocycles. The summed E-state index contributed by atoms with van der Waals surface area (Å²) in [6.45, 7) is 4.11. The first kappa shape index (κ1) is 29.6. The molecule has 0 unspecified atom stereocenters. The monoisotopic (exact) mass is 614 g/mol. The molecule has 2 aliphatic rings. The number of hydrogen-bond acceptors (Lipinski definition) is 7. The number of carbonyl (C=O) groups excluding carboxylic acids is 1. The second-order valence-corrected chi connectivity index (χ2v) is 12.2. The van der Waals surface area contributed by atoms with Crippen molar-refractivity contribution in [2.24, 2.45) is 0 Å². The molecular formula is C34H35ClN4O3S. The van der Waals surface area contributed by atoms with Crippen LogP contribution in [0.3, 0.4) is 0 Å². The van der Waals surface area contributed by atoms with Crippen molar-refractivity contribution >= 4 is 35.1 Å². The Labute approximate surface area is 262 Å². The number of aromatic nitrogens is 2. The summed E-state index contributed by atoms with van der Waals surface area (Å²) in [4.78, 5) is 27.0. The van der Waals surface area contributed by atoms with E-state index in [-0.39, 0.29) is 5.91 Å². The van der Waals surface area contributed by atoms with Gasteiger partial charge in [0, 0.05) is 56.4 Å². The molecule has 1 spiro atoms. The van der Waals surface area contributed by atoms with E-state index in [9.17, 15) is 4.79 Å². The Morgan fingerprint density at radius 3 is 2.19 bits per heavy atom. The lowest BCUT2D eigenvalue weighted by Crippen LogP contribution is -2.45. The third kappa shape index (κ3) is 7.75. The summed E-state index contributed by atoms with van der Waals surface area (Å²) in [7, 11) is 0. The van der Waals surface area contributed by atoms with Gasteiger partial charge in [-0.1, -0.05) is 96.2 Å². The van der Waals surface area contributed by atoms with Crippen LogP contribution in [0.15, 0.2) is 96.2 Å². The Bertz CT molecular complexity index is 1490. The lowest BCUT2D eigenvalue weighted by molar-refractivity contribution is -0.169. The Hall–Kier alpha value is -3.43. The maximum absolute atomic E-state index is 13.6. The van der Waals surface area contributed by atoms with Crippen molar-refractivity contribution < 1.29 is 14.3 Å². The summed E-state index contributed by atoms with van der Waals surface area (Å²) in [6, 6.07) is 30.1. The van der Waals surface area contributed by atoms with E-state index >= 15 is 0 Å². The molecule has 0 saturated carbocycles. The SMILES string of the molecule is O=C(c1ccc(CSc2nc(Cl)cc(N3CCC4(CC3)OCCO4)n2)cc1)N(CCc1ccccc1)Cc1ccccc1. The molecule has 0 bridgehead atoms. The zero-order valence-corrected chi connectivity index (χ0v) is 25.6. The Morgan fingerprint density at radius 1 is 0.860 bits per heavy atom. The van der Waals surface area contributed by atoms with Crippen LogP contribution in [0, 0.1) is 0 Å². The molecule has 0 radical (unpaired) electrons. The minimum absolute atomic E-state index is 0.0264. The molecule has 2 aliphatic heterocycles. The molecule has 3 heterocycles. The zero-order chi connectivity index (χ0) is 29.5. The standard InChI is InChI=1S/C34H35ClN4O3S/c35-30-23-31(38-19-16-34(17-20-38)41-21-22-42-34)37-33(36-30)43-25-28-11-13-29(14-12-28)32(40)39(24-27-9-5-2-6-10-27)18-15-26-7-3-1-4-8-26/h1-14,23H,15-22,24-25H2. The third-order valence-electron chi connectivity index (χ3n) is 7.91. The van der Waals surface area contributed by atoms with Crippen LogP contribution in [0.2, 0.25) is 5.15 Å². The normalized spacial score (nSPS) is 16.0. The maximum Gasteiger partial charge on any atom is 0.254 e. The van der Waals surface area contributed by atoms with Crippen molar-refractivity contribution in [1.29, 1.82) is 0 Å². The average molecular weight is 615 g/mol. The topological polar surface area (TPSA) is 67.8 Å². The molecule has 2 saturated heterocycles. The number of carbonyl (C=O) groups is 1. The fourth-order valence-corrected chi connectivity index (χ4v) is 6.55. The second kappa shape index (κ2) is 13.9. The third-order valence-corrected chi connectivity index (χ3v) is 9.02. The summed E-state index contributed by atoms with van der Waals surface area (Å²) in [5, 5.41) is 1.06. The molecule has 0 atom stereocenters. The summed E-state index contributed by atoms with van der Waals surface area (Å²) in [6.07, 6.45) is 2.41. The van der Waals surface area contributed by atoms with Crippen molar-refractivity contribution in [3.8, 4) is 0 Å². The lowest BCUT2D eigenvalue weighted by Gasteiger charge is -2.38. The molecule has 222 valence electrons. The minimum atomic E-state index is -0.432. The number of benzene rings is 3. The van der Waals surface area contributed by atoms with Crippen LogP contribution in [-0.4, -0.2) is 59.4 Å². The Balaban J connectivity index is 1.08. The van der Waals surface area contributed by atoms with Crippen LogP contribution >= 0.6 is 23.4 Å². The van der Waals surface area contributed by atoms with Gasteiger partial charge in [0.25, 0.3) is 5.91 Å². The second-order valence-electron chi connectivity index (χ2n) is 10.9. The van der Waals surface area contributed by atoms with E-state index in [1.54, 1.807) is 0 Å². The van der Waals surface area contributed by atoms with Gasteiger partial charge in [-0.25, -0.2) is 9.97 Å². The molecule has 4 aromatic rings. The van der Waals surface area contributed by atoms with E-state index in [4.69, 9.17) is 26.1 Å². The van der Waals surface area contributed by atoms with Crippen LogP contribution in [0.25, 0.3) is 0 Å². The van der Waals surface area contributed by atoms with Gasteiger partial charge in [-0.2, -0.15) is 0 Å². The van der Waals surface area contributed by atoms with Gasteiger partial charge in [-0.05, 0) is 35.2 Å². The fourth-order valence-electron chi connectivity index (χ4n) is 5.51. The highest BCUT2D eigenvalue weighted by atomic mass is 35.5.